The first kappa shape index (κ1) is 15.0. The van der Waals surface area contributed by atoms with Crippen molar-refractivity contribution in [2.45, 2.75) is 65.4 Å². The third-order valence-electron chi connectivity index (χ3n) is 3.84. The van der Waals surface area contributed by atoms with Gasteiger partial charge in [0.1, 0.15) is 6.10 Å². The average Bonchev–Trinajstić information content (AvgIpc) is 2.84. The second-order valence-corrected chi connectivity index (χ2v) is 4.82. The maximum absolute atomic E-state index is 12.3. The van der Waals surface area contributed by atoms with Crippen molar-refractivity contribution in [2.24, 2.45) is 5.41 Å². The number of hydrogen-bond donors (Lipinski definition) is 0. The van der Waals surface area contributed by atoms with Crippen molar-refractivity contribution >= 4 is 11.9 Å². The third kappa shape index (κ3) is 3.03. The van der Waals surface area contributed by atoms with Crippen LogP contribution in [0.25, 0.3) is 0 Å². The minimum atomic E-state index is -1.11. The molecule has 1 aliphatic carbocycles. The third-order valence-corrected chi connectivity index (χ3v) is 3.84. The van der Waals surface area contributed by atoms with E-state index in [4.69, 9.17) is 9.47 Å². The number of esters is 2. The second-order valence-electron chi connectivity index (χ2n) is 4.82. The number of rotatable bonds is 6. The maximum atomic E-state index is 12.3. The molecule has 104 valence electrons. The van der Waals surface area contributed by atoms with Gasteiger partial charge in [0, 0.05) is 0 Å². The fraction of sp³-hybridized carbons (Fsp3) is 0.857. The van der Waals surface area contributed by atoms with Crippen LogP contribution in [0.3, 0.4) is 0 Å². The van der Waals surface area contributed by atoms with E-state index < -0.39 is 17.4 Å². The molecule has 0 aromatic rings. The average molecular weight is 256 g/mol. The van der Waals surface area contributed by atoms with Crippen molar-refractivity contribution in [1.82, 2.24) is 0 Å². The Kier molecular flexibility index (Phi) is 5.63. The van der Waals surface area contributed by atoms with Gasteiger partial charge in [-0.1, -0.05) is 13.8 Å². The highest BCUT2D eigenvalue weighted by atomic mass is 16.6. The zero-order chi connectivity index (χ0) is 13.6. The molecule has 0 unspecified atom stereocenters. The summed E-state index contributed by atoms with van der Waals surface area (Å²) < 4.78 is 10.5. The molecule has 0 aliphatic heterocycles. The van der Waals surface area contributed by atoms with Crippen LogP contribution in [0.5, 0.6) is 0 Å². The quantitative estimate of drug-likeness (QED) is 0.541. The van der Waals surface area contributed by atoms with Crippen molar-refractivity contribution in [3.63, 3.8) is 0 Å². The Morgan fingerprint density at radius 2 is 1.61 bits per heavy atom. The van der Waals surface area contributed by atoms with Gasteiger partial charge >= 0.3 is 11.9 Å². The van der Waals surface area contributed by atoms with E-state index >= 15 is 0 Å². The normalized spacial score (nSPS) is 16.6. The Hall–Kier alpha value is -1.06. The monoisotopic (exact) mass is 256 g/mol. The molecular weight excluding hydrogens is 232 g/mol. The number of ether oxygens (including phenoxy) is 2. The summed E-state index contributed by atoms with van der Waals surface area (Å²) in [6, 6.07) is 0. The summed E-state index contributed by atoms with van der Waals surface area (Å²) in [5.74, 6) is -0.851. The molecule has 18 heavy (non-hydrogen) atoms. The molecule has 1 saturated carbocycles. The summed E-state index contributed by atoms with van der Waals surface area (Å²) in [6.45, 7) is 5.69. The van der Waals surface area contributed by atoms with Gasteiger partial charge in [0.15, 0.2) is 5.41 Å². The molecule has 1 aliphatic rings. The van der Waals surface area contributed by atoms with E-state index in [1.54, 1.807) is 6.92 Å². The lowest BCUT2D eigenvalue weighted by atomic mass is 9.82. The molecule has 4 nitrogen and oxygen atoms in total. The number of carbonyl (C=O) groups is 2. The van der Waals surface area contributed by atoms with Gasteiger partial charge in [0.05, 0.1) is 6.61 Å². The number of carbonyl (C=O) groups excluding carboxylic acids is 2. The van der Waals surface area contributed by atoms with Crippen LogP contribution in [0.1, 0.15) is 59.3 Å². The zero-order valence-corrected chi connectivity index (χ0v) is 11.7. The fourth-order valence-corrected chi connectivity index (χ4v) is 2.45. The highest BCUT2D eigenvalue weighted by Crippen LogP contribution is 2.32. The van der Waals surface area contributed by atoms with Gasteiger partial charge in [-0.15, -0.1) is 0 Å². The van der Waals surface area contributed by atoms with Crippen molar-refractivity contribution in [3.05, 3.63) is 0 Å². The van der Waals surface area contributed by atoms with E-state index in [0.717, 1.165) is 25.7 Å². The lowest BCUT2D eigenvalue weighted by molar-refractivity contribution is -0.176. The van der Waals surface area contributed by atoms with E-state index in [-0.39, 0.29) is 12.7 Å². The Balaban J connectivity index is 2.75. The van der Waals surface area contributed by atoms with Crippen LogP contribution in [0.2, 0.25) is 0 Å². The SMILES string of the molecule is CCOC(=O)C(CC)(CC)C(=O)OC1CCCC1. The first-order chi connectivity index (χ1) is 8.60. The minimum Gasteiger partial charge on any atom is -0.465 e. The van der Waals surface area contributed by atoms with Gasteiger partial charge in [-0.05, 0) is 45.4 Å². The van der Waals surface area contributed by atoms with E-state index in [2.05, 4.69) is 0 Å². The molecular formula is C14H24O4. The number of hydrogen-bond acceptors (Lipinski definition) is 4. The molecule has 0 bridgehead atoms. The fourth-order valence-electron chi connectivity index (χ4n) is 2.45. The van der Waals surface area contributed by atoms with Gasteiger partial charge in [-0.25, -0.2) is 0 Å². The molecule has 0 saturated heterocycles. The van der Waals surface area contributed by atoms with Gasteiger partial charge in [0.2, 0.25) is 0 Å². The van der Waals surface area contributed by atoms with Crippen LogP contribution < -0.4 is 0 Å². The van der Waals surface area contributed by atoms with Crippen LogP contribution in [-0.4, -0.2) is 24.6 Å². The lowest BCUT2D eigenvalue weighted by Crippen LogP contribution is -2.42. The second kappa shape index (κ2) is 6.76. The van der Waals surface area contributed by atoms with E-state index in [9.17, 15) is 9.59 Å². The predicted molar refractivity (Wildman–Crippen MR) is 68.0 cm³/mol. The van der Waals surface area contributed by atoms with Gasteiger partial charge in [0.25, 0.3) is 0 Å². The van der Waals surface area contributed by atoms with Gasteiger partial charge in [-0.3, -0.25) is 9.59 Å². The molecule has 1 rings (SSSR count). The standard InChI is InChI=1S/C14H24O4/c1-4-14(5-2,12(15)17-6-3)13(16)18-11-9-7-8-10-11/h11H,4-10H2,1-3H3. The molecule has 0 heterocycles. The highest BCUT2D eigenvalue weighted by molar-refractivity contribution is 6.00. The zero-order valence-electron chi connectivity index (χ0n) is 11.7. The molecule has 0 N–H and O–H groups in total. The van der Waals surface area contributed by atoms with Gasteiger partial charge in [-0.2, -0.15) is 0 Å². The Labute approximate surface area is 109 Å². The summed E-state index contributed by atoms with van der Waals surface area (Å²) in [5.41, 5.74) is -1.11. The summed E-state index contributed by atoms with van der Waals surface area (Å²) in [7, 11) is 0. The van der Waals surface area contributed by atoms with Crippen LogP contribution >= 0.6 is 0 Å². The molecule has 1 fully saturated rings. The predicted octanol–water partition coefficient (Wildman–Crippen LogP) is 2.84. The molecule has 0 amide bonds. The molecule has 0 radical (unpaired) electrons. The first-order valence-corrected chi connectivity index (χ1v) is 6.99. The Bertz CT molecular complexity index is 288. The molecule has 0 spiro atoms. The molecule has 0 atom stereocenters. The van der Waals surface area contributed by atoms with E-state index in [1.165, 1.54) is 0 Å². The van der Waals surface area contributed by atoms with E-state index in [0.29, 0.717) is 12.8 Å². The summed E-state index contributed by atoms with van der Waals surface area (Å²) in [6.07, 6.45) is 4.87. The smallest absolute Gasteiger partial charge is 0.323 e. The minimum absolute atomic E-state index is 0.00981. The van der Waals surface area contributed by atoms with E-state index in [1.807, 2.05) is 13.8 Å². The topological polar surface area (TPSA) is 52.6 Å². The van der Waals surface area contributed by atoms with Crippen molar-refractivity contribution in [2.75, 3.05) is 6.61 Å². The molecule has 4 heteroatoms. The van der Waals surface area contributed by atoms with Gasteiger partial charge < -0.3 is 9.47 Å². The lowest BCUT2D eigenvalue weighted by Gasteiger charge is -2.28. The van der Waals surface area contributed by atoms with Crippen molar-refractivity contribution < 1.29 is 19.1 Å². The van der Waals surface area contributed by atoms with Crippen LogP contribution in [0.15, 0.2) is 0 Å². The Morgan fingerprint density at radius 3 is 2.06 bits per heavy atom. The largest absolute Gasteiger partial charge is 0.465 e. The Morgan fingerprint density at radius 1 is 1.06 bits per heavy atom. The van der Waals surface area contributed by atoms with Crippen LogP contribution in [0, 0.1) is 5.41 Å². The van der Waals surface area contributed by atoms with Crippen LogP contribution in [0.4, 0.5) is 0 Å². The van der Waals surface area contributed by atoms with Crippen molar-refractivity contribution in [3.8, 4) is 0 Å². The molecule has 0 aromatic heterocycles. The first-order valence-electron chi connectivity index (χ1n) is 6.99. The molecule has 0 aromatic carbocycles. The maximum Gasteiger partial charge on any atom is 0.323 e. The highest BCUT2D eigenvalue weighted by Gasteiger charge is 2.46. The summed E-state index contributed by atoms with van der Waals surface area (Å²) in [5, 5.41) is 0. The summed E-state index contributed by atoms with van der Waals surface area (Å²) >= 11 is 0. The van der Waals surface area contributed by atoms with Crippen LogP contribution in [-0.2, 0) is 19.1 Å². The summed E-state index contributed by atoms with van der Waals surface area (Å²) in [4.78, 5) is 24.3. The van der Waals surface area contributed by atoms with Crippen molar-refractivity contribution in [1.29, 1.82) is 0 Å².